The highest BCUT2D eigenvalue weighted by Gasteiger charge is 2.43. The van der Waals surface area contributed by atoms with Crippen LogP contribution in [0, 0.1) is 17.8 Å². The van der Waals surface area contributed by atoms with E-state index in [-0.39, 0.29) is 30.4 Å². The Kier molecular flexibility index (Phi) is 8.81. The van der Waals surface area contributed by atoms with E-state index in [9.17, 15) is 4.79 Å². The van der Waals surface area contributed by atoms with Crippen LogP contribution in [0.1, 0.15) is 50.5 Å². The smallest absolute Gasteiger partial charge is 0.286 e. The SMILES string of the molecule is CCO[C@H]1OC(C(=O)NC2CC3CCC2C3)=C[C@@H](c2coc3ccccc23)[C@H]1CCOCCOCCO. The highest BCUT2D eigenvalue weighted by molar-refractivity contribution is 5.92. The quantitative estimate of drug-likeness (QED) is 0.389. The van der Waals surface area contributed by atoms with Gasteiger partial charge in [-0.15, -0.1) is 0 Å². The molecule has 2 aromatic rings. The van der Waals surface area contributed by atoms with Crippen LogP contribution in [-0.2, 0) is 23.7 Å². The summed E-state index contributed by atoms with van der Waals surface area (Å²) in [6.07, 6.45) is 8.62. The lowest BCUT2D eigenvalue weighted by Gasteiger charge is -2.37. The maximum atomic E-state index is 13.4. The third kappa shape index (κ3) is 6.03. The minimum Gasteiger partial charge on any atom is -0.464 e. The van der Waals surface area contributed by atoms with Crippen LogP contribution in [0.5, 0.6) is 0 Å². The van der Waals surface area contributed by atoms with Crippen LogP contribution < -0.4 is 5.32 Å². The summed E-state index contributed by atoms with van der Waals surface area (Å²) in [4.78, 5) is 13.4. The van der Waals surface area contributed by atoms with Gasteiger partial charge in [0, 0.05) is 42.0 Å². The van der Waals surface area contributed by atoms with Gasteiger partial charge in [0.2, 0.25) is 6.29 Å². The largest absolute Gasteiger partial charge is 0.464 e. The van der Waals surface area contributed by atoms with Crippen LogP contribution >= 0.6 is 0 Å². The number of hydrogen-bond acceptors (Lipinski definition) is 7. The second kappa shape index (κ2) is 12.4. The zero-order chi connectivity index (χ0) is 25.6. The molecule has 5 rings (SSSR count). The van der Waals surface area contributed by atoms with Gasteiger partial charge in [0.1, 0.15) is 5.58 Å². The van der Waals surface area contributed by atoms with Gasteiger partial charge in [-0.25, -0.2) is 0 Å². The first kappa shape index (κ1) is 26.2. The monoisotopic (exact) mass is 513 g/mol. The minimum absolute atomic E-state index is 0.0000157. The number of hydrogen-bond donors (Lipinski definition) is 2. The number of rotatable bonds is 13. The number of amides is 1. The van der Waals surface area contributed by atoms with E-state index >= 15 is 0 Å². The van der Waals surface area contributed by atoms with Crippen molar-refractivity contribution in [2.24, 2.45) is 17.8 Å². The molecule has 0 radical (unpaired) electrons. The number of para-hydroxylation sites is 1. The Morgan fingerprint density at radius 3 is 2.70 bits per heavy atom. The van der Waals surface area contributed by atoms with Crippen LogP contribution in [0.4, 0.5) is 0 Å². The van der Waals surface area contributed by atoms with Crippen molar-refractivity contribution < 1.29 is 33.3 Å². The molecule has 6 atom stereocenters. The number of nitrogens with one attached hydrogen (secondary N) is 1. The van der Waals surface area contributed by atoms with Gasteiger partial charge in [0.05, 0.1) is 32.7 Å². The first-order valence-electron chi connectivity index (χ1n) is 13.7. The van der Waals surface area contributed by atoms with Crippen LogP contribution in [0.15, 0.2) is 46.8 Å². The molecule has 3 aliphatic rings. The fraction of sp³-hybridized carbons (Fsp3) is 0.621. The van der Waals surface area contributed by atoms with Crippen LogP contribution in [-0.4, -0.2) is 63.0 Å². The predicted molar refractivity (Wildman–Crippen MR) is 138 cm³/mol. The van der Waals surface area contributed by atoms with E-state index in [1.54, 1.807) is 6.26 Å². The van der Waals surface area contributed by atoms with Crippen LogP contribution in [0.2, 0.25) is 0 Å². The lowest BCUT2D eigenvalue weighted by Crippen LogP contribution is -2.43. The maximum Gasteiger partial charge on any atom is 0.286 e. The lowest BCUT2D eigenvalue weighted by atomic mass is 9.81. The van der Waals surface area contributed by atoms with Crippen molar-refractivity contribution in [1.29, 1.82) is 0 Å². The van der Waals surface area contributed by atoms with Gasteiger partial charge in [-0.05, 0) is 56.6 Å². The van der Waals surface area contributed by atoms with E-state index in [0.29, 0.717) is 51.1 Å². The fourth-order valence-corrected chi connectivity index (χ4v) is 6.32. The highest BCUT2D eigenvalue weighted by Crippen LogP contribution is 2.45. The molecule has 2 aliphatic carbocycles. The summed E-state index contributed by atoms with van der Waals surface area (Å²) in [5.41, 5.74) is 1.83. The average molecular weight is 514 g/mol. The van der Waals surface area contributed by atoms with Gasteiger partial charge in [-0.2, -0.15) is 0 Å². The summed E-state index contributed by atoms with van der Waals surface area (Å²) < 4.78 is 29.3. The van der Waals surface area contributed by atoms with Crippen LogP contribution in [0.25, 0.3) is 11.0 Å². The molecule has 0 saturated heterocycles. The molecule has 3 unspecified atom stereocenters. The van der Waals surface area contributed by atoms with Crippen molar-refractivity contribution >= 4 is 16.9 Å². The number of aliphatic hydroxyl groups excluding tert-OH is 1. The number of carbonyl (C=O) groups excluding carboxylic acids is 1. The summed E-state index contributed by atoms with van der Waals surface area (Å²) in [5, 5.41) is 13.1. The van der Waals surface area contributed by atoms with Gasteiger partial charge >= 0.3 is 0 Å². The molecule has 1 aromatic heterocycles. The Hall–Kier alpha value is -2.39. The number of ether oxygens (including phenoxy) is 4. The standard InChI is InChI=1S/C29H39NO7/c1-2-35-29-22(9-11-33-13-14-34-12-10-31)23(24-18-36-26-6-4-3-5-21(24)26)17-27(37-29)28(32)30-25-16-19-7-8-20(25)15-19/h3-6,17-20,22-23,25,29,31H,2,7-16H2,1H3,(H,30,32)/t19?,20?,22-,23-,25?,29+/m1/s1. The molecule has 0 spiro atoms. The third-order valence-electron chi connectivity index (χ3n) is 8.07. The molecule has 2 bridgehead atoms. The molecule has 2 fully saturated rings. The Balaban J connectivity index is 1.35. The molecule has 8 nitrogen and oxygen atoms in total. The Morgan fingerprint density at radius 2 is 1.95 bits per heavy atom. The van der Waals surface area contributed by atoms with E-state index in [1.165, 1.54) is 19.3 Å². The molecule has 1 aliphatic heterocycles. The van der Waals surface area contributed by atoms with Gasteiger partial charge in [0.15, 0.2) is 5.76 Å². The Morgan fingerprint density at radius 1 is 1.11 bits per heavy atom. The third-order valence-corrected chi connectivity index (χ3v) is 8.07. The maximum absolute atomic E-state index is 13.4. The van der Waals surface area contributed by atoms with Crippen molar-refractivity contribution in [3.05, 3.63) is 47.9 Å². The second-order valence-electron chi connectivity index (χ2n) is 10.3. The van der Waals surface area contributed by atoms with E-state index in [0.717, 1.165) is 28.9 Å². The molecule has 2 saturated carbocycles. The summed E-state index contributed by atoms with van der Waals surface area (Å²) in [7, 11) is 0. The molecule has 1 amide bonds. The van der Waals surface area contributed by atoms with E-state index in [1.807, 2.05) is 37.3 Å². The van der Waals surface area contributed by atoms with Crippen molar-refractivity contribution in [2.45, 2.75) is 57.3 Å². The summed E-state index contributed by atoms with van der Waals surface area (Å²) in [5.74, 6) is 1.29. The van der Waals surface area contributed by atoms with Gasteiger partial charge < -0.3 is 33.8 Å². The first-order chi connectivity index (χ1) is 18.2. The van der Waals surface area contributed by atoms with Crippen molar-refractivity contribution in [2.75, 3.05) is 39.6 Å². The summed E-state index contributed by atoms with van der Waals surface area (Å²) in [6.45, 7) is 4.08. The van der Waals surface area contributed by atoms with E-state index in [2.05, 4.69) is 5.32 Å². The Labute approximate surface area is 218 Å². The lowest BCUT2D eigenvalue weighted by molar-refractivity contribution is -0.168. The topological polar surface area (TPSA) is 99.4 Å². The number of fused-ring (bicyclic) bond motifs is 3. The second-order valence-corrected chi connectivity index (χ2v) is 10.3. The van der Waals surface area contributed by atoms with Gasteiger partial charge in [0.25, 0.3) is 5.91 Å². The number of carbonyl (C=O) groups is 1. The Bertz CT molecular complexity index is 1070. The summed E-state index contributed by atoms with van der Waals surface area (Å²) >= 11 is 0. The molecule has 2 heterocycles. The molecule has 8 heteroatoms. The number of benzene rings is 1. The average Bonchev–Trinajstić information content (AvgIpc) is 3.65. The van der Waals surface area contributed by atoms with E-state index < -0.39 is 6.29 Å². The fourth-order valence-electron chi connectivity index (χ4n) is 6.32. The van der Waals surface area contributed by atoms with Gasteiger partial charge in [-0.1, -0.05) is 24.6 Å². The first-order valence-corrected chi connectivity index (χ1v) is 13.7. The van der Waals surface area contributed by atoms with Crippen molar-refractivity contribution in [1.82, 2.24) is 5.32 Å². The zero-order valence-electron chi connectivity index (χ0n) is 21.6. The number of furan rings is 1. The highest BCUT2D eigenvalue weighted by atomic mass is 16.7. The van der Waals surface area contributed by atoms with Crippen molar-refractivity contribution in [3.63, 3.8) is 0 Å². The van der Waals surface area contributed by atoms with Crippen LogP contribution in [0.3, 0.4) is 0 Å². The molecule has 2 N–H and O–H groups in total. The number of allylic oxidation sites excluding steroid dienone is 1. The van der Waals surface area contributed by atoms with Gasteiger partial charge in [-0.3, -0.25) is 4.79 Å². The van der Waals surface area contributed by atoms with E-state index in [4.69, 9.17) is 28.5 Å². The minimum atomic E-state index is -0.580. The predicted octanol–water partition coefficient (Wildman–Crippen LogP) is 4.13. The summed E-state index contributed by atoms with van der Waals surface area (Å²) in [6, 6.07) is 8.19. The number of aliphatic hydroxyl groups is 1. The molecule has 1 aromatic carbocycles. The van der Waals surface area contributed by atoms with Crippen molar-refractivity contribution in [3.8, 4) is 0 Å². The molecule has 202 valence electrons. The molecular formula is C29H39NO7. The normalized spacial score (nSPS) is 28.9. The zero-order valence-corrected chi connectivity index (χ0v) is 21.6. The molecule has 37 heavy (non-hydrogen) atoms. The molecular weight excluding hydrogens is 474 g/mol.